The highest BCUT2D eigenvalue weighted by molar-refractivity contribution is 4.82. The van der Waals surface area contributed by atoms with Gasteiger partial charge in [0.25, 0.3) is 6.43 Å². The van der Waals surface area contributed by atoms with E-state index >= 15 is 0 Å². The molecule has 1 unspecified atom stereocenters. The van der Waals surface area contributed by atoms with Crippen molar-refractivity contribution in [3.05, 3.63) is 0 Å². The molecule has 0 amide bonds. The van der Waals surface area contributed by atoms with E-state index in [0.29, 0.717) is 4.90 Å². The Morgan fingerprint density at radius 3 is 1.93 bits per heavy atom. The fourth-order valence-electron chi connectivity index (χ4n) is 1.36. The first-order chi connectivity index (χ1) is 6.43. The Labute approximate surface area is 77.6 Å². The molecule has 0 aromatic carbocycles. The predicted molar refractivity (Wildman–Crippen MR) is 38.2 cm³/mol. The van der Waals surface area contributed by atoms with E-state index in [9.17, 15) is 22.0 Å². The fraction of sp³-hybridized carbons (Fsp3) is 1.00. The van der Waals surface area contributed by atoms with Crippen LogP contribution in [0, 0.1) is 0 Å². The van der Waals surface area contributed by atoms with Gasteiger partial charge in [-0.15, -0.1) is 0 Å². The van der Waals surface area contributed by atoms with Crippen LogP contribution in [0.25, 0.3) is 0 Å². The van der Waals surface area contributed by atoms with Crippen molar-refractivity contribution in [2.75, 3.05) is 26.3 Å². The Kier molecular flexibility index (Phi) is 3.65. The van der Waals surface area contributed by atoms with Gasteiger partial charge in [-0.2, -0.15) is 13.2 Å². The molecule has 0 aliphatic carbocycles. The standard InChI is InChI=1S/C7H10F5NO/c8-6(9)5(7(10,11)12)13-1-3-14-4-2-13/h5-6H,1-4H2. The third-order valence-electron chi connectivity index (χ3n) is 2.01. The van der Waals surface area contributed by atoms with Crippen molar-refractivity contribution in [1.82, 2.24) is 4.90 Å². The summed E-state index contributed by atoms with van der Waals surface area (Å²) in [5.41, 5.74) is 0. The second-order valence-corrected chi connectivity index (χ2v) is 2.97. The summed E-state index contributed by atoms with van der Waals surface area (Å²) < 4.78 is 65.7. The van der Waals surface area contributed by atoms with E-state index in [0.717, 1.165) is 0 Å². The number of morpholine rings is 1. The summed E-state index contributed by atoms with van der Waals surface area (Å²) in [7, 11) is 0. The zero-order valence-electron chi connectivity index (χ0n) is 7.23. The second kappa shape index (κ2) is 4.39. The number of alkyl halides is 5. The third-order valence-corrected chi connectivity index (χ3v) is 2.01. The van der Waals surface area contributed by atoms with E-state index in [4.69, 9.17) is 4.74 Å². The zero-order chi connectivity index (χ0) is 10.8. The average Bonchev–Trinajstić information content (AvgIpc) is 2.02. The van der Waals surface area contributed by atoms with Crippen molar-refractivity contribution in [2.24, 2.45) is 0 Å². The monoisotopic (exact) mass is 219 g/mol. The van der Waals surface area contributed by atoms with Gasteiger partial charge in [0.1, 0.15) is 0 Å². The van der Waals surface area contributed by atoms with E-state index in [2.05, 4.69) is 0 Å². The molecule has 1 saturated heterocycles. The number of halogens is 5. The Morgan fingerprint density at radius 2 is 1.57 bits per heavy atom. The lowest BCUT2D eigenvalue weighted by Gasteiger charge is -2.34. The number of nitrogens with zero attached hydrogens (tertiary/aromatic N) is 1. The SMILES string of the molecule is FC(F)C(N1CCOCC1)C(F)(F)F. The molecule has 1 rings (SSSR count). The normalized spacial score (nSPS) is 22.7. The highest BCUT2D eigenvalue weighted by atomic mass is 19.4. The van der Waals surface area contributed by atoms with Crippen LogP contribution in [-0.4, -0.2) is 49.8 Å². The highest BCUT2D eigenvalue weighted by Crippen LogP contribution is 2.29. The molecular weight excluding hydrogens is 209 g/mol. The lowest BCUT2D eigenvalue weighted by atomic mass is 10.2. The molecule has 14 heavy (non-hydrogen) atoms. The first kappa shape index (κ1) is 11.6. The molecule has 1 aliphatic heterocycles. The molecule has 2 nitrogen and oxygen atoms in total. The van der Waals surface area contributed by atoms with Crippen LogP contribution in [0.5, 0.6) is 0 Å². The second-order valence-electron chi connectivity index (χ2n) is 2.97. The van der Waals surface area contributed by atoms with Crippen LogP contribution in [-0.2, 0) is 4.74 Å². The van der Waals surface area contributed by atoms with E-state index in [1.54, 1.807) is 0 Å². The summed E-state index contributed by atoms with van der Waals surface area (Å²) in [6, 6.07) is -2.66. The van der Waals surface area contributed by atoms with Gasteiger partial charge in [0.05, 0.1) is 13.2 Å². The van der Waals surface area contributed by atoms with Crippen molar-refractivity contribution in [3.63, 3.8) is 0 Å². The van der Waals surface area contributed by atoms with Gasteiger partial charge in [0.15, 0.2) is 6.04 Å². The first-order valence-electron chi connectivity index (χ1n) is 4.09. The van der Waals surface area contributed by atoms with Crippen LogP contribution in [0.3, 0.4) is 0 Å². The van der Waals surface area contributed by atoms with Gasteiger partial charge in [-0.3, -0.25) is 4.90 Å². The van der Waals surface area contributed by atoms with E-state index in [1.165, 1.54) is 0 Å². The Morgan fingerprint density at radius 1 is 1.07 bits per heavy atom. The van der Waals surface area contributed by atoms with Gasteiger partial charge in [-0.05, 0) is 0 Å². The number of hydrogen-bond acceptors (Lipinski definition) is 2. The van der Waals surface area contributed by atoms with Gasteiger partial charge in [0, 0.05) is 13.1 Å². The van der Waals surface area contributed by atoms with Gasteiger partial charge < -0.3 is 4.74 Å². The summed E-state index contributed by atoms with van der Waals surface area (Å²) >= 11 is 0. The molecular formula is C7H10F5NO. The summed E-state index contributed by atoms with van der Waals surface area (Å²) in [4.78, 5) is 0.716. The van der Waals surface area contributed by atoms with E-state index < -0.39 is 18.6 Å². The maximum atomic E-state index is 12.2. The van der Waals surface area contributed by atoms with Crippen LogP contribution >= 0.6 is 0 Å². The van der Waals surface area contributed by atoms with Gasteiger partial charge >= 0.3 is 6.18 Å². The predicted octanol–water partition coefficient (Wildman–Crippen LogP) is 1.51. The van der Waals surface area contributed by atoms with Crippen LogP contribution in [0.4, 0.5) is 22.0 Å². The summed E-state index contributed by atoms with van der Waals surface area (Å²) in [6.07, 6.45) is -8.29. The molecule has 1 aliphatic rings. The average molecular weight is 219 g/mol. The number of rotatable bonds is 2. The maximum absolute atomic E-state index is 12.2. The zero-order valence-corrected chi connectivity index (χ0v) is 7.23. The minimum absolute atomic E-state index is 0.0688. The molecule has 0 N–H and O–H groups in total. The smallest absolute Gasteiger partial charge is 0.379 e. The molecule has 1 heterocycles. The highest BCUT2D eigenvalue weighted by Gasteiger charge is 2.49. The van der Waals surface area contributed by atoms with Crippen molar-refractivity contribution in [2.45, 2.75) is 18.6 Å². The van der Waals surface area contributed by atoms with Crippen LogP contribution in [0.1, 0.15) is 0 Å². The van der Waals surface area contributed by atoms with Gasteiger partial charge in [-0.1, -0.05) is 0 Å². The molecule has 7 heteroatoms. The van der Waals surface area contributed by atoms with E-state index in [1.807, 2.05) is 0 Å². The topological polar surface area (TPSA) is 12.5 Å². The van der Waals surface area contributed by atoms with Crippen molar-refractivity contribution >= 4 is 0 Å². The summed E-state index contributed by atoms with van der Waals surface area (Å²) in [5, 5.41) is 0. The first-order valence-corrected chi connectivity index (χ1v) is 4.09. The molecule has 0 aromatic heterocycles. The fourth-order valence-corrected chi connectivity index (χ4v) is 1.36. The minimum atomic E-state index is -4.88. The molecule has 0 bridgehead atoms. The van der Waals surface area contributed by atoms with Gasteiger partial charge in [0.2, 0.25) is 0 Å². The van der Waals surface area contributed by atoms with Crippen molar-refractivity contribution in [3.8, 4) is 0 Å². The van der Waals surface area contributed by atoms with Crippen LogP contribution in [0.2, 0.25) is 0 Å². The molecule has 0 radical (unpaired) electrons. The molecule has 1 atom stereocenters. The Bertz CT molecular complexity index is 177. The van der Waals surface area contributed by atoms with Crippen LogP contribution in [0.15, 0.2) is 0 Å². The quantitative estimate of drug-likeness (QED) is 0.653. The number of hydrogen-bond donors (Lipinski definition) is 0. The molecule has 1 fully saturated rings. The number of ether oxygens (including phenoxy) is 1. The largest absolute Gasteiger partial charge is 0.409 e. The van der Waals surface area contributed by atoms with Crippen molar-refractivity contribution in [1.29, 1.82) is 0 Å². The lowest BCUT2D eigenvalue weighted by molar-refractivity contribution is -0.222. The van der Waals surface area contributed by atoms with Gasteiger partial charge in [-0.25, -0.2) is 8.78 Å². The lowest BCUT2D eigenvalue weighted by Crippen LogP contribution is -2.54. The van der Waals surface area contributed by atoms with Crippen LogP contribution < -0.4 is 0 Å². The van der Waals surface area contributed by atoms with Crippen molar-refractivity contribution < 1.29 is 26.7 Å². The maximum Gasteiger partial charge on any atom is 0.409 e. The third kappa shape index (κ3) is 2.78. The summed E-state index contributed by atoms with van der Waals surface area (Å²) in [6.45, 7) is -0.0678. The Hall–Kier alpha value is -0.430. The summed E-state index contributed by atoms with van der Waals surface area (Å²) in [5.74, 6) is 0. The molecule has 84 valence electrons. The molecule has 0 spiro atoms. The minimum Gasteiger partial charge on any atom is -0.379 e. The Balaban J connectivity index is 2.66. The molecule has 0 saturated carbocycles. The molecule has 0 aromatic rings. The van der Waals surface area contributed by atoms with E-state index in [-0.39, 0.29) is 26.3 Å².